The van der Waals surface area contributed by atoms with E-state index in [2.05, 4.69) is 30.8 Å². The van der Waals surface area contributed by atoms with Crippen LogP contribution in [0.3, 0.4) is 0 Å². The molecule has 0 spiro atoms. The summed E-state index contributed by atoms with van der Waals surface area (Å²) in [6, 6.07) is -0.538. The molecule has 2 saturated carbocycles. The van der Waals surface area contributed by atoms with E-state index in [1.165, 1.54) is 6.20 Å². The fourth-order valence-electron chi connectivity index (χ4n) is 4.53. The van der Waals surface area contributed by atoms with Crippen molar-refractivity contribution in [1.82, 2.24) is 29.9 Å². The Bertz CT molecular complexity index is 1510. The first-order valence-electron chi connectivity index (χ1n) is 11.6. The number of aromatic nitrogens is 5. The molecule has 2 aliphatic rings. The van der Waals surface area contributed by atoms with Gasteiger partial charge >= 0.3 is 0 Å². The molecular weight excluding hydrogens is 456 g/mol. The standard InChI is InChI=1S/C24H23F2N7O2/c1-10-19(14-6-28-32-22(14)20(21(10)26)11(2)29-23(34)12-3-4-12)16-8-33-9-17(30-18(33)7-27-16)31-24(35)13-5-15(13)25/h6-9,11-13,15H,3-5H2,1-2H3,(H,28,32)(H,29,34)(H,31,35). The van der Waals surface area contributed by atoms with E-state index in [4.69, 9.17) is 0 Å². The van der Waals surface area contributed by atoms with Crippen molar-refractivity contribution in [2.75, 3.05) is 5.32 Å². The monoisotopic (exact) mass is 479 g/mol. The van der Waals surface area contributed by atoms with Gasteiger partial charge in [-0.25, -0.2) is 13.8 Å². The summed E-state index contributed by atoms with van der Waals surface area (Å²) in [7, 11) is 0. The second kappa shape index (κ2) is 7.82. The van der Waals surface area contributed by atoms with Crippen molar-refractivity contribution in [1.29, 1.82) is 0 Å². The number of nitrogens with zero attached hydrogens (tertiary/aromatic N) is 4. The number of nitrogens with one attached hydrogen (secondary N) is 3. The number of H-pyrrole nitrogens is 1. The van der Waals surface area contributed by atoms with Gasteiger partial charge in [-0.15, -0.1) is 0 Å². The Morgan fingerprint density at radius 1 is 1.23 bits per heavy atom. The third kappa shape index (κ3) is 3.71. The molecule has 2 amide bonds. The van der Waals surface area contributed by atoms with E-state index < -0.39 is 29.9 Å². The highest BCUT2D eigenvalue weighted by Crippen LogP contribution is 2.38. The molecule has 11 heteroatoms. The highest BCUT2D eigenvalue weighted by Gasteiger charge is 2.43. The first kappa shape index (κ1) is 21.6. The highest BCUT2D eigenvalue weighted by molar-refractivity contribution is 5.98. The van der Waals surface area contributed by atoms with E-state index >= 15 is 4.39 Å². The first-order chi connectivity index (χ1) is 16.8. The normalized spacial score (nSPS) is 20.2. The Labute approximate surface area is 198 Å². The summed E-state index contributed by atoms with van der Waals surface area (Å²) >= 11 is 0. The third-order valence-corrected chi connectivity index (χ3v) is 6.76. The van der Waals surface area contributed by atoms with Gasteiger partial charge in [0, 0.05) is 28.6 Å². The maximum Gasteiger partial charge on any atom is 0.231 e. The molecule has 35 heavy (non-hydrogen) atoms. The molecule has 0 aliphatic heterocycles. The number of carbonyl (C=O) groups excluding carboxylic acids is 2. The average molecular weight is 479 g/mol. The van der Waals surface area contributed by atoms with Gasteiger partial charge in [-0.2, -0.15) is 5.10 Å². The molecule has 0 saturated heterocycles. The van der Waals surface area contributed by atoms with Crippen LogP contribution in [0.25, 0.3) is 27.8 Å². The highest BCUT2D eigenvalue weighted by atomic mass is 19.1. The zero-order valence-electron chi connectivity index (χ0n) is 19.1. The van der Waals surface area contributed by atoms with Crippen molar-refractivity contribution in [3.8, 4) is 11.3 Å². The number of fused-ring (bicyclic) bond motifs is 2. The molecule has 3 heterocycles. The number of aromatic amines is 1. The zero-order chi connectivity index (χ0) is 24.4. The summed E-state index contributed by atoms with van der Waals surface area (Å²) < 4.78 is 30.6. The maximum absolute atomic E-state index is 15.7. The molecule has 2 fully saturated rings. The second-order valence-corrected chi connectivity index (χ2v) is 9.40. The molecule has 3 atom stereocenters. The molecule has 0 bridgehead atoms. The Kier molecular flexibility index (Phi) is 4.83. The number of carbonyl (C=O) groups is 2. The van der Waals surface area contributed by atoms with Gasteiger partial charge in [0.15, 0.2) is 11.5 Å². The number of amides is 2. The van der Waals surface area contributed by atoms with E-state index in [9.17, 15) is 14.0 Å². The van der Waals surface area contributed by atoms with E-state index in [0.29, 0.717) is 44.8 Å². The van der Waals surface area contributed by atoms with E-state index in [1.807, 2.05) is 0 Å². The lowest BCUT2D eigenvalue weighted by molar-refractivity contribution is -0.123. The molecular formula is C24H23F2N7O2. The fraction of sp³-hybridized carbons (Fsp3) is 0.375. The van der Waals surface area contributed by atoms with Crippen LogP contribution in [-0.4, -0.2) is 42.6 Å². The van der Waals surface area contributed by atoms with Gasteiger partial charge < -0.3 is 15.0 Å². The number of anilines is 1. The summed E-state index contributed by atoms with van der Waals surface area (Å²) in [6.45, 7) is 3.43. The van der Waals surface area contributed by atoms with Crippen molar-refractivity contribution < 1.29 is 18.4 Å². The van der Waals surface area contributed by atoms with E-state index in [-0.39, 0.29) is 18.2 Å². The van der Waals surface area contributed by atoms with E-state index in [1.54, 1.807) is 36.8 Å². The number of halogens is 2. The molecule has 4 aromatic rings. The lowest BCUT2D eigenvalue weighted by Gasteiger charge is -2.19. The van der Waals surface area contributed by atoms with Gasteiger partial charge in [-0.3, -0.25) is 19.7 Å². The Morgan fingerprint density at radius 3 is 2.71 bits per heavy atom. The molecule has 3 unspecified atom stereocenters. The van der Waals surface area contributed by atoms with Crippen LogP contribution in [0, 0.1) is 24.6 Å². The van der Waals surface area contributed by atoms with Crippen LogP contribution in [0.4, 0.5) is 14.6 Å². The number of hydrogen-bond acceptors (Lipinski definition) is 5. The van der Waals surface area contributed by atoms with Crippen molar-refractivity contribution in [3.63, 3.8) is 0 Å². The SMILES string of the molecule is Cc1c(F)c(C(C)NC(=O)C2CC2)c2[nH]ncc2c1-c1cn2cc(NC(=O)C3CC3F)nc2cn1. The van der Waals surface area contributed by atoms with Gasteiger partial charge in [0.05, 0.1) is 41.8 Å². The zero-order valence-corrected chi connectivity index (χ0v) is 19.1. The van der Waals surface area contributed by atoms with Crippen LogP contribution in [0.1, 0.15) is 43.4 Å². The molecule has 180 valence electrons. The number of benzene rings is 1. The maximum atomic E-state index is 15.7. The Balaban J connectivity index is 1.37. The summed E-state index contributed by atoms with van der Waals surface area (Å²) in [5, 5.41) is 13.2. The fourth-order valence-corrected chi connectivity index (χ4v) is 4.53. The number of alkyl halides is 1. The second-order valence-electron chi connectivity index (χ2n) is 9.40. The molecule has 6 rings (SSSR count). The summed E-state index contributed by atoms with van der Waals surface area (Å²) in [5.41, 5.74) is 2.76. The molecule has 2 aliphatic carbocycles. The summed E-state index contributed by atoms with van der Waals surface area (Å²) in [4.78, 5) is 33.1. The lowest BCUT2D eigenvalue weighted by atomic mass is 9.94. The average Bonchev–Trinajstić information content (AvgIpc) is 3.71. The largest absolute Gasteiger partial charge is 0.349 e. The first-order valence-corrected chi connectivity index (χ1v) is 11.6. The number of hydrogen-bond donors (Lipinski definition) is 3. The van der Waals surface area contributed by atoms with Crippen LogP contribution >= 0.6 is 0 Å². The van der Waals surface area contributed by atoms with Gasteiger partial charge in [0.1, 0.15) is 12.0 Å². The summed E-state index contributed by atoms with van der Waals surface area (Å²) in [6.07, 6.45) is 7.31. The molecule has 3 N–H and O–H groups in total. The van der Waals surface area contributed by atoms with Crippen molar-refractivity contribution in [2.45, 2.75) is 45.3 Å². The predicted octanol–water partition coefficient (Wildman–Crippen LogP) is 3.60. The van der Waals surface area contributed by atoms with Gasteiger partial charge in [0.25, 0.3) is 0 Å². The molecule has 0 radical (unpaired) electrons. The van der Waals surface area contributed by atoms with Gasteiger partial charge in [-0.05, 0) is 38.7 Å². The molecule has 3 aromatic heterocycles. The number of imidazole rings is 1. The predicted molar refractivity (Wildman–Crippen MR) is 124 cm³/mol. The lowest BCUT2D eigenvalue weighted by Crippen LogP contribution is -2.28. The van der Waals surface area contributed by atoms with E-state index in [0.717, 1.165) is 12.8 Å². The van der Waals surface area contributed by atoms with Crippen LogP contribution < -0.4 is 10.6 Å². The quantitative estimate of drug-likeness (QED) is 0.391. The topological polar surface area (TPSA) is 117 Å². The van der Waals surface area contributed by atoms with Crippen molar-refractivity contribution in [2.24, 2.45) is 11.8 Å². The van der Waals surface area contributed by atoms with Gasteiger partial charge in [0.2, 0.25) is 11.8 Å². The Hall–Kier alpha value is -3.89. The number of rotatable bonds is 6. The smallest absolute Gasteiger partial charge is 0.231 e. The van der Waals surface area contributed by atoms with Crippen molar-refractivity contribution >= 4 is 34.2 Å². The van der Waals surface area contributed by atoms with Crippen LogP contribution in [0.15, 0.2) is 24.8 Å². The molecule has 1 aromatic carbocycles. The van der Waals surface area contributed by atoms with Gasteiger partial charge in [-0.1, -0.05) is 0 Å². The third-order valence-electron chi connectivity index (χ3n) is 6.76. The minimum absolute atomic E-state index is 0.0154. The van der Waals surface area contributed by atoms with Crippen LogP contribution in [0.5, 0.6) is 0 Å². The Morgan fingerprint density at radius 2 is 2.00 bits per heavy atom. The molecule has 9 nitrogen and oxygen atoms in total. The van der Waals surface area contributed by atoms with Crippen LogP contribution in [-0.2, 0) is 9.59 Å². The van der Waals surface area contributed by atoms with Crippen molar-refractivity contribution in [3.05, 3.63) is 41.7 Å². The summed E-state index contributed by atoms with van der Waals surface area (Å²) in [5.74, 6) is -1.22. The van der Waals surface area contributed by atoms with Crippen LogP contribution in [0.2, 0.25) is 0 Å². The minimum Gasteiger partial charge on any atom is -0.349 e. The minimum atomic E-state index is -1.09.